The first-order chi connectivity index (χ1) is 9.59. The number of amides is 1. The largest absolute Gasteiger partial charge is 0.378 e. The van der Waals surface area contributed by atoms with E-state index in [1.54, 1.807) is 0 Å². The van der Waals surface area contributed by atoms with Crippen molar-refractivity contribution >= 4 is 5.91 Å². The molecular weight excluding hydrogens is 252 g/mol. The van der Waals surface area contributed by atoms with Crippen molar-refractivity contribution in [3.8, 4) is 0 Å². The number of rotatable bonds is 4. The lowest BCUT2D eigenvalue weighted by Gasteiger charge is -2.30. The zero-order chi connectivity index (χ0) is 14.5. The maximum absolute atomic E-state index is 12.4. The van der Waals surface area contributed by atoms with E-state index in [0.717, 1.165) is 0 Å². The Morgan fingerprint density at radius 3 is 2.55 bits per heavy atom. The number of benzene rings is 1. The van der Waals surface area contributed by atoms with Gasteiger partial charge in [0.2, 0.25) is 5.91 Å². The van der Waals surface area contributed by atoms with Gasteiger partial charge in [-0.05, 0) is 31.9 Å². The minimum absolute atomic E-state index is 0.161. The van der Waals surface area contributed by atoms with Crippen molar-refractivity contribution in [2.75, 3.05) is 26.3 Å². The van der Waals surface area contributed by atoms with Crippen LogP contribution in [-0.2, 0) is 9.53 Å². The predicted octanol–water partition coefficient (Wildman–Crippen LogP) is 1.89. The van der Waals surface area contributed by atoms with Crippen molar-refractivity contribution in [1.29, 1.82) is 0 Å². The lowest BCUT2D eigenvalue weighted by molar-refractivity contribution is -0.137. The highest BCUT2D eigenvalue weighted by Crippen LogP contribution is 2.17. The fraction of sp³-hybridized carbons (Fsp3) is 0.562. The molecule has 1 aromatic carbocycles. The highest BCUT2D eigenvalue weighted by atomic mass is 16.5. The highest BCUT2D eigenvalue weighted by Gasteiger charge is 2.23. The van der Waals surface area contributed by atoms with Gasteiger partial charge in [-0.2, -0.15) is 0 Å². The Bertz CT molecular complexity index is 456. The lowest BCUT2D eigenvalue weighted by Crippen LogP contribution is -2.49. The van der Waals surface area contributed by atoms with E-state index in [0.29, 0.717) is 26.3 Å². The van der Waals surface area contributed by atoms with Crippen molar-refractivity contribution in [2.24, 2.45) is 0 Å². The molecule has 1 amide bonds. The smallest absolute Gasteiger partial charge is 0.239 e. The average molecular weight is 276 g/mol. The van der Waals surface area contributed by atoms with Crippen LogP contribution in [0.5, 0.6) is 0 Å². The Balaban J connectivity index is 1.95. The number of aryl methyl sites for hydroxylation is 1. The van der Waals surface area contributed by atoms with E-state index < -0.39 is 0 Å². The fourth-order valence-electron chi connectivity index (χ4n) is 2.67. The van der Waals surface area contributed by atoms with Gasteiger partial charge in [0, 0.05) is 19.1 Å². The number of ether oxygens (including phenoxy) is 1. The molecule has 0 aliphatic carbocycles. The van der Waals surface area contributed by atoms with Crippen LogP contribution in [-0.4, -0.2) is 43.2 Å². The maximum Gasteiger partial charge on any atom is 0.239 e. The molecule has 0 spiro atoms. The summed E-state index contributed by atoms with van der Waals surface area (Å²) in [7, 11) is 0. The third kappa shape index (κ3) is 3.58. The van der Waals surface area contributed by atoms with Crippen molar-refractivity contribution < 1.29 is 9.53 Å². The van der Waals surface area contributed by atoms with Gasteiger partial charge >= 0.3 is 0 Å². The van der Waals surface area contributed by atoms with Gasteiger partial charge < -0.3 is 9.64 Å². The van der Waals surface area contributed by atoms with Gasteiger partial charge in [-0.25, -0.2) is 0 Å². The predicted molar refractivity (Wildman–Crippen MR) is 79.6 cm³/mol. The monoisotopic (exact) mass is 276 g/mol. The van der Waals surface area contributed by atoms with Gasteiger partial charge in [0.15, 0.2) is 0 Å². The second kappa shape index (κ2) is 6.86. The number of hydrogen-bond acceptors (Lipinski definition) is 3. The standard InChI is InChI=1S/C16H24N2O2/c1-12-6-4-5-7-15(12)13(2)17-14(3)16(19)18-8-10-20-11-9-18/h4-7,13-14,17H,8-11H2,1-3H3/t13-,14?/m1/s1. The summed E-state index contributed by atoms with van der Waals surface area (Å²) >= 11 is 0. The minimum Gasteiger partial charge on any atom is -0.378 e. The molecule has 1 heterocycles. The van der Waals surface area contributed by atoms with Crippen LogP contribution < -0.4 is 5.32 Å². The Labute approximate surface area is 121 Å². The SMILES string of the molecule is Cc1ccccc1[C@@H](C)NC(C)C(=O)N1CCOCC1. The molecule has 110 valence electrons. The van der Waals surface area contributed by atoms with Gasteiger partial charge in [-0.3, -0.25) is 10.1 Å². The van der Waals surface area contributed by atoms with Gasteiger partial charge in [-0.15, -0.1) is 0 Å². The summed E-state index contributed by atoms with van der Waals surface area (Å²) in [6.07, 6.45) is 0. The van der Waals surface area contributed by atoms with E-state index in [1.165, 1.54) is 11.1 Å². The zero-order valence-electron chi connectivity index (χ0n) is 12.6. The molecule has 20 heavy (non-hydrogen) atoms. The van der Waals surface area contributed by atoms with Crippen molar-refractivity contribution in [3.63, 3.8) is 0 Å². The van der Waals surface area contributed by atoms with Crippen molar-refractivity contribution in [1.82, 2.24) is 10.2 Å². The zero-order valence-corrected chi connectivity index (χ0v) is 12.6. The van der Waals surface area contributed by atoms with Crippen LogP contribution >= 0.6 is 0 Å². The normalized spacial score (nSPS) is 18.6. The molecule has 1 aromatic rings. The van der Waals surface area contributed by atoms with E-state index in [2.05, 4.69) is 31.3 Å². The highest BCUT2D eigenvalue weighted by molar-refractivity contribution is 5.81. The molecular formula is C16H24N2O2. The number of carbonyl (C=O) groups is 1. The molecule has 1 fully saturated rings. The number of morpholine rings is 1. The number of carbonyl (C=O) groups excluding carboxylic acids is 1. The molecule has 1 N–H and O–H groups in total. The molecule has 1 unspecified atom stereocenters. The van der Waals surface area contributed by atoms with Gasteiger partial charge in [-0.1, -0.05) is 24.3 Å². The van der Waals surface area contributed by atoms with E-state index in [4.69, 9.17) is 4.74 Å². The maximum atomic E-state index is 12.4. The van der Waals surface area contributed by atoms with Crippen LogP contribution in [0.15, 0.2) is 24.3 Å². The summed E-state index contributed by atoms with van der Waals surface area (Å²) in [4.78, 5) is 14.2. The Kier molecular flexibility index (Phi) is 5.15. The molecule has 4 nitrogen and oxygen atoms in total. The third-order valence-corrected chi connectivity index (χ3v) is 3.85. The second-order valence-electron chi connectivity index (χ2n) is 5.40. The number of nitrogens with zero attached hydrogens (tertiary/aromatic N) is 1. The third-order valence-electron chi connectivity index (χ3n) is 3.85. The Morgan fingerprint density at radius 2 is 1.90 bits per heavy atom. The molecule has 0 aromatic heterocycles. The van der Waals surface area contributed by atoms with Gasteiger partial charge in [0.05, 0.1) is 19.3 Å². The second-order valence-corrected chi connectivity index (χ2v) is 5.40. The molecule has 0 radical (unpaired) electrons. The number of hydrogen-bond donors (Lipinski definition) is 1. The summed E-state index contributed by atoms with van der Waals surface area (Å²) in [6.45, 7) is 8.82. The summed E-state index contributed by atoms with van der Waals surface area (Å²) in [5, 5.41) is 3.40. The number of nitrogens with one attached hydrogen (secondary N) is 1. The molecule has 1 aliphatic rings. The molecule has 0 saturated carbocycles. The first kappa shape index (κ1) is 15.0. The van der Waals surface area contributed by atoms with Crippen LogP contribution in [0.2, 0.25) is 0 Å². The van der Waals surface area contributed by atoms with Crippen LogP contribution in [0, 0.1) is 6.92 Å². The summed E-state index contributed by atoms with van der Waals surface area (Å²) < 4.78 is 5.28. The molecule has 0 bridgehead atoms. The summed E-state index contributed by atoms with van der Waals surface area (Å²) in [6, 6.07) is 8.27. The lowest BCUT2D eigenvalue weighted by atomic mass is 10.0. The first-order valence-corrected chi connectivity index (χ1v) is 7.27. The fourth-order valence-corrected chi connectivity index (χ4v) is 2.67. The van der Waals surface area contributed by atoms with E-state index in [-0.39, 0.29) is 18.0 Å². The topological polar surface area (TPSA) is 41.6 Å². The van der Waals surface area contributed by atoms with Crippen LogP contribution in [0.1, 0.15) is 31.0 Å². The molecule has 2 atom stereocenters. The first-order valence-electron chi connectivity index (χ1n) is 7.27. The van der Waals surface area contributed by atoms with Crippen LogP contribution in [0.25, 0.3) is 0 Å². The summed E-state index contributed by atoms with van der Waals surface area (Å²) in [5.41, 5.74) is 2.49. The Hall–Kier alpha value is -1.39. The van der Waals surface area contributed by atoms with Gasteiger partial charge in [0.25, 0.3) is 0 Å². The summed E-state index contributed by atoms with van der Waals surface area (Å²) in [5.74, 6) is 0.161. The molecule has 2 rings (SSSR count). The van der Waals surface area contributed by atoms with Crippen molar-refractivity contribution in [2.45, 2.75) is 32.9 Å². The van der Waals surface area contributed by atoms with Gasteiger partial charge in [0.1, 0.15) is 0 Å². The van der Waals surface area contributed by atoms with Crippen LogP contribution in [0.3, 0.4) is 0 Å². The average Bonchev–Trinajstić information content (AvgIpc) is 2.47. The van der Waals surface area contributed by atoms with Crippen LogP contribution in [0.4, 0.5) is 0 Å². The molecule has 1 saturated heterocycles. The molecule has 4 heteroatoms. The van der Waals surface area contributed by atoms with E-state index in [9.17, 15) is 4.79 Å². The van der Waals surface area contributed by atoms with Crippen molar-refractivity contribution in [3.05, 3.63) is 35.4 Å². The Morgan fingerprint density at radius 1 is 1.25 bits per heavy atom. The van der Waals surface area contributed by atoms with E-state index in [1.807, 2.05) is 24.0 Å². The quantitative estimate of drug-likeness (QED) is 0.913. The van der Waals surface area contributed by atoms with E-state index >= 15 is 0 Å². The minimum atomic E-state index is -0.178. The molecule has 1 aliphatic heterocycles.